The Morgan fingerprint density at radius 1 is 1.33 bits per heavy atom. The van der Waals surface area contributed by atoms with Gasteiger partial charge in [0.05, 0.1) is 0 Å². The van der Waals surface area contributed by atoms with Gasteiger partial charge in [-0.1, -0.05) is 12.2 Å². The van der Waals surface area contributed by atoms with Gasteiger partial charge in [0.2, 0.25) is 0 Å². The minimum Gasteiger partial charge on any atom is -0.392 e. The molecule has 1 nitrogen and oxygen atoms in total. The van der Waals surface area contributed by atoms with E-state index >= 15 is 0 Å². The van der Waals surface area contributed by atoms with Crippen molar-refractivity contribution < 1.29 is 0 Å². The van der Waals surface area contributed by atoms with Crippen molar-refractivity contribution in [2.45, 2.75) is 19.8 Å². The molecule has 9 heavy (non-hydrogen) atoms. The first kappa shape index (κ1) is 8.28. The van der Waals surface area contributed by atoms with E-state index in [1.807, 2.05) is 14.0 Å². The molecule has 0 saturated carbocycles. The van der Waals surface area contributed by atoms with Crippen LogP contribution in [-0.4, -0.2) is 7.05 Å². The highest BCUT2D eigenvalue weighted by atomic mass is 14.8. The second-order valence-corrected chi connectivity index (χ2v) is 2.31. The molecule has 1 heteroatoms. The van der Waals surface area contributed by atoms with Crippen molar-refractivity contribution in [2.75, 3.05) is 7.05 Å². The van der Waals surface area contributed by atoms with Gasteiger partial charge in [0.15, 0.2) is 0 Å². The highest BCUT2D eigenvalue weighted by Crippen LogP contribution is 2.04. The van der Waals surface area contributed by atoms with Crippen LogP contribution >= 0.6 is 0 Å². The lowest BCUT2D eigenvalue weighted by Gasteiger charge is -2.02. The van der Waals surface area contributed by atoms with Crippen LogP contribution < -0.4 is 5.32 Å². The van der Waals surface area contributed by atoms with Gasteiger partial charge in [-0.25, -0.2) is 0 Å². The number of nitrogens with one attached hydrogen (secondary N) is 1. The number of allylic oxidation sites excluding steroid dienone is 2. The molecule has 0 unspecified atom stereocenters. The number of hydrogen-bond donors (Lipinski definition) is 1. The van der Waals surface area contributed by atoms with Crippen molar-refractivity contribution in [3.05, 3.63) is 24.4 Å². The Morgan fingerprint density at radius 2 is 1.89 bits per heavy atom. The molecule has 52 valence electrons. The molecule has 0 fully saturated rings. The van der Waals surface area contributed by atoms with Crippen LogP contribution in [0.4, 0.5) is 0 Å². The van der Waals surface area contributed by atoms with Gasteiger partial charge < -0.3 is 5.32 Å². The van der Waals surface area contributed by atoms with Gasteiger partial charge in [0.25, 0.3) is 0 Å². The Morgan fingerprint density at radius 3 is 2.22 bits per heavy atom. The van der Waals surface area contributed by atoms with Gasteiger partial charge in [-0.05, 0) is 19.8 Å². The van der Waals surface area contributed by atoms with Crippen LogP contribution in [0.1, 0.15) is 19.8 Å². The van der Waals surface area contributed by atoms with E-state index in [0.717, 1.165) is 18.5 Å². The zero-order valence-corrected chi connectivity index (χ0v) is 6.33. The predicted octanol–water partition coefficient (Wildman–Crippen LogP) is 2.08. The molecule has 0 aliphatic heterocycles. The molecule has 0 saturated heterocycles. The van der Waals surface area contributed by atoms with E-state index in [9.17, 15) is 0 Å². The van der Waals surface area contributed by atoms with Gasteiger partial charge in [0.1, 0.15) is 0 Å². The molecule has 0 spiro atoms. The summed E-state index contributed by atoms with van der Waals surface area (Å²) in [6.45, 7) is 9.62. The highest BCUT2D eigenvalue weighted by molar-refractivity contribution is 4.97. The van der Waals surface area contributed by atoms with Gasteiger partial charge in [0, 0.05) is 12.7 Å². The second-order valence-electron chi connectivity index (χ2n) is 2.31. The molecule has 0 atom stereocenters. The van der Waals surface area contributed by atoms with Crippen LogP contribution in [0.5, 0.6) is 0 Å². The Bertz CT molecular complexity index is 114. The van der Waals surface area contributed by atoms with Crippen molar-refractivity contribution >= 4 is 0 Å². The van der Waals surface area contributed by atoms with Crippen molar-refractivity contribution in [3.63, 3.8) is 0 Å². The molecular weight excluding hydrogens is 110 g/mol. The predicted molar refractivity (Wildman–Crippen MR) is 42.2 cm³/mol. The summed E-state index contributed by atoms with van der Waals surface area (Å²) in [6.07, 6.45) is 2.05. The fourth-order valence-corrected chi connectivity index (χ4v) is 0.489. The van der Waals surface area contributed by atoms with Gasteiger partial charge in [-0.3, -0.25) is 0 Å². The Hall–Kier alpha value is -0.720. The minimum atomic E-state index is 1.01. The van der Waals surface area contributed by atoms with E-state index in [0.29, 0.717) is 0 Å². The normalized spacial score (nSPS) is 8.67. The molecular formula is C8H15N. The lowest BCUT2D eigenvalue weighted by atomic mass is 10.1. The standard InChI is InChI=1S/C8H15N/c1-7(2)5-6-8(3)9-4/h9H,1,3,5-6H2,2,4H3. The molecule has 1 N–H and O–H groups in total. The molecule has 0 heterocycles. The maximum atomic E-state index is 3.79. The van der Waals surface area contributed by atoms with Gasteiger partial charge >= 0.3 is 0 Å². The zero-order chi connectivity index (χ0) is 7.28. The SMILES string of the molecule is C=C(C)CCC(=C)NC. The maximum absolute atomic E-state index is 3.79. The van der Waals surface area contributed by atoms with Gasteiger partial charge in [-0.2, -0.15) is 0 Å². The van der Waals surface area contributed by atoms with Crippen LogP contribution in [0.2, 0.25) is 0 Å². The lowest BCUT2D eigenvalue weighted by molar-refractivity contribution is 0.836. The molecule has 0 aliphatic rings. The van der Waals surface area contributed by atoms with Crippen LogP contribution in [0.3, 0.4) is 0 Å². The molecule has 0 bridgehead atoms. The largest absolute Gasteiger partial charge is 0.392 e. The van der Waals surface area contributed by atoms with Crippen molar-refractivity contribution in [3.8, 4) is 0 Å². The van der Waals surface area contributed by atoms with Crippen LogP contribution in [0.25, 0.3) is 0 Å². The third kappa shape index (κ3) is 5.15. The Balaban J connectivity index is 3.28. The lowest BCUT2D eigenvalue weighted by Crippen LogP contribution is -2.03. The third-order valence-electron chi connectivity index (χ3n) is 1.21. The van der Waals surface area contributed by atoms with E-state index in [4.69, 9.17) is 0 Å². The van der Waals surface area contributed by atoms with E-state index < -0.39 is 0 Å². The molecule has 0 rings (SSSR count). The summed E-state index contributed by atoms with van der Waals surface area (Å²) in [5.74, 6) is 0. The smallest absolute Gasteiger partial charge is 0.00342 e. The summed E-state index contributed by atoms with van der Waals surface area (Å²) in [5, 5.41) is 2.98. The summed E-state index contributed by atoms with van der Waals surface area (Å²) in [4.78, 5) is 0. The third-order valence-corrected chi connectivity index (χ3v) is 1.21. The summed E-state index contributed by atoms with van der Waals surface area (Å²) < 4.78 is 0. The monoisotopic (exact) mass is 125 g/mol. The summed E-state index contributed by atoms with van der Waals surface area (Å²) in [7, 11) is 1.89. The minimum absolute atomic E-state index is 1.01. The molecule has 0 radical (unpaired) electrons. The summed E-state index contributed by atoms with van der Waals surface area (Å²) in [5.41, 5.74) is 2.30. The number of rotatable bonds is 4. The van der Waals surface area contributed by atoms with E-state index in [-0.39, 0.29) is 0 Å². The van der Waals surface area contributed by atoms with Gasteiger partial charge in [-0.15, -0.1) is 6.58 Å². The van der Waals surface area contributed by atoms with Crippen molar-refractivity contribution in [1.82, 2.24) is 5.32 Å². The average molecular weight is 125 g/mol. The Labute approximate surface area is 57.5 Å². The van der Waals surface area contributed by atoms with E-state index in [1.54, 1.807) is 0 Å². The average Bonchev–Trinajstić information content (AvgIpc) is 1.83. The second kappa shape index (κ2) is 4.19. The number of hydrogen-bond acceptors (Lipinski definition) is 1. The highest BCUT2D eigenvalue weighted by Gasteiger charge is 1.89. The first-order valence-electron chi connectivity index (χ1n) is 3.16. The van der Waals surface area contributed by atoms with Crippen LogP contribution in [-0.2, 0) is 0 Å². The van der Waals surface area contributed by atoms with E-state index in [2.05, 4.69) is 18.5 Å². The maximum Gasteiger partial charge on any atom is 0.00342 e. The first-order chi connectivity index (χ1) is 4.16. The quantitative estimate of drug-likeness (QED) is 0.567. The first-order valence-corrected chi connectivity index (χ1v) is 3.16. The molecule has 0 aliphatic carbocycles. The fraction of sp³-hybridized carbons (Fsp3) is 0.500. The Kier molecular flexibility index (Phi) is 3.85. The summed E-state index contributed by atoms with van der Waals surface area (Å²) >= 11 is 0. The van der Waals surface area contributed by atoms with Crippen molar-refractivity contribution in [2.24, 2.45) is 0 Å². The molecule has 0 aromatic heterocycles. The van der Waals surface area contributed by atoms with E-state index in [1.165, 1.54) is 5.57 Å². The van der Waals surface area contributed by atoms with Crippen molar-refractivity contribution in [1.29, 1.82) is 0 Å². The molecule has 0 amide bonds. The zero-order valence-electron chi connectivity index (χ0n) is 6.33. The fourth-order valence-electron chi connectivity index (χ4n) is 0.489. The van der Waals surface area contributed by atoms with Crippen LogP contribution in [0.15, 0.2) is 24.4 Å². The summed E-state index contributed by atoms with van der Waals surface area (Å²) in [6, 6.07) is 0. The molecule has 0 aromatic rings. The topological polar surface area (TPSA) is 12.0 Å². The van der Waals surface area contributed by atoms with Crippen LogP contribution in [0, 0.1) is 0 Å². The molecule has 0 aromatic carbocycles.